The molecule has 4 amide bonds. The smallest absolute Gasteiger partial charge is 0.870 e. The van der Waals surface area contributed by atoms with E-state index in [1.54, 1.807) is 88.8 Å². The number of aliphatic carboxylic acids is 1. The summed E-state index contributed by atoms with van der Waals surface area (Å²) in [7, 11) is 0. The van der Waals surface area contributed by atoms with Gasteiger partial charge >= 0.3 is 94.2 Å². The van der Waals surface area contributed by atoms with Crippen LogP contribution in [0.15, 0.2) is 134 Å². The Kier molecular flexibility index (Phi) is 47.7. The van der Waals surface area contributed by atoms with E-state index in [0.717, 1.165) is 105 Å². The standard InChI is InChI=1S/C19H18ClFN2O4.C19H19FN2O4.C17H14ClFN2O4.C15H15FN2O.C10H13NO2.C8H9NO2.C7H8FN.C4H5ClO3.CH4.2Na.2H2O/c1-3-27-19(26)17(24)16-15(20)14(13-5-4-8-23(13)16)18(25)22-11-6-7-12(21)10(2)9-11;1-3-26-19(25)17(23)16-10-13(15-5-4-8-22(15)16)18(24)21-12-6-7-14(20)11(2)9-12;1-8-7-9(4-5-10(8)19)20-16(23)12-11-3-2-6-21(11)14(13(12)18)15(22)17(24)25;1-10-9-11(4-5-13(10)16)17-15(19)12-6-8-18-7-2-3-14(12)18;1-2-13-10(12)8-5-7-11-6-3-4-9(8)11;10-6-11-8-3-5-9-4-1-2-7(8)9;1-5-4-6(9)2-3-7(5)8;1-2-8-4(7)3(5)6;;;;;/h6-7,9H,3-5,8H2,1-2H3,(H,22,25);6-7,9-10H,3-5,8H2,1-2H3,(H,21,24);4-5,7H,2-3,6H2,1H3,(H,20,23)(H,24,25);4-6,8-9H,2-3,7H2,1H3,(H,17,19);5,7H,2-4,6H2,1H3;3,5-6H,1-2,4H2;2-4H,9H2,1H3;2H2,1H3;1H4;;;2*1H2/q;;;;;;;;;2*+1;;/p-2. The van der Waals surface area contributed by atoms with Crippen LogP contribution in [0.3, 0.4) is 0 Å². The minimum atomic E-state index is -1.63. The Hall–Kier alpha value is -12.6. The minimum Gasteiger partial charge on any atom is -0.870 e. The largest absolute Gasteiger partial charge is 1.00 e. The van der Waals surface area contributed by atoms with Crippen molar-refractivity contribution in [2.45, 2.75) is 186 Å². The predicted molar refractivity (Wildman–Crippen MR) is 513 cm³/mol. The zero-order valence-corrected chi connectivity index (χ0v) is 86.0. The summed E-state index contributed by atoms with van der Waals surface area (Å²) in [5.74, 6) is -9.99. The number of carboxylic acid groups (broad SMARTS) is 1. The van der Waals surface area contributed by atoms with Crippen molar-refractivity contribution in [2.75, 3.05) is 53.4 Å². The second-order valence-corrected chi connectivity index (χ2v) is 32.9. The van der Waals surface area contributed by atoms with Crippen LogP contribution in [0.4, 0.5) is 50.4 Å². The van der Waals surface area contributed by atoms with Crippen molar-refractivity contribution in [3.05, 3.63) is 280 Å². The molecule has 12 heterocycles. The first-order chi connectivity index (χ1) is 65.8. The van der Waals surface area contributed by atoms with E-state index in [1.165, 1.54) is 77.4 Å². The number of rotatable bonds is 22. The van der Waals surface area contributed by atoms with Gasteiger partial charge in [0, 0.05) is 115 Å². The number of carbonyl (C=O) groups is 14. The number of nitrogens with two attached hydrogens (primary N) is 1. The van der Waals surface area contributed by atoms with Gasteiger partial charge in [0.05, 0.1) is 75.7 Å². The van der Waals surface area contributed by atoms with Gasteiger partial charge in [-0.3, -0.25) is 43.2 Å². The average Bonchev–Trinajstić information content (AvgIpc) is 1.61. The summed E-state index contributed by atoms with van der Waals surface area (Å²) in [5.41, 5.74) is 17.4. The van der Waals surface area contributed by atoms with Crippen LogP contribution in [-0.2, 0) is 126 Å². The third kappa shape index (κ3) is 30.5. The molecule has 43 heteroatoms. The molecule has 0 fully saturated rings. The van der Waals surface area contributed by atoms with Gasteiger partial charge in [-0.05, 0) is 294 Å². The maximum Gasteiger partial charge on any atom is 1.00 e. The first-order valence-electron chi connectivity index (χ1n) is 44.1. The number of nitrogen functional groups attached to an aromatic ring is 1. The number of fused-ring (bicyclic) bond motifs is 6. The molecular formula is C100H107Cl3F5N11Na2O22. The maximum absolute atomic E-state index is 13.4. The second kappa shape index (κ2) is 56.5. The number of hydrogen-bond acceptors (Lipinski definition) is 22. The number of halogens is 8. The van der Waals surface area contributed by atoms with Crippen LogP contribution < -0.4 is 90.9 Å². The first kappa shape index (κ1) is 121. The zero-order chi connectivity index (χ0) is 101. The summed E-state index contributed by atoms with van der Waals surface area (Å²) in [6.45, 7) is 20.6. The van der Waals surface area contributed by atoms with Gasteiger partial charge in [-0.15, -0.1) is 0 Å². The molecule has 11 aromatic rings. The fourth-order valence-corrected chi connectivity index (χ4v) is 16.9. The van der Waals surface area contributed by atoms with E-state index in [1.807, 2.05) is 43.7 Å². The van der Waals surface area contributed by atoms with E-state index in [9.17, 15) is 89.1 Å². The van der Waals surface area contributed by atoms with Crippen LogP contribution >= 0.6 is 34.8 Å². The number of amides is 4. The molecule has 752 valence electrons. The zero-order valence-electron chi connectivity index (χ0n) is 79.7. The molecule has 0 radical (unpaired) electrons. The molecule has 6 aromatic heterocycles. The number of carboxylic acids is 1. The Morgan fingerprint density at radius 3 is 1.13 bits per heavy atom. The molecule has 5 aromatic carbocycles. The van der Waals surface area contributed by atoms with Crippen molar-refractivity contribution in [1.29, 1.82) is 0 Å². The molecule has 33 nitrogen and oxygen atoms in total. The summed E-state index contributed by atoms with van der Waals surface area (Å²) in [5, 5.41) is 18.5. The van der Waals surface area contributed by atoms with Gasteiger partial charge in [-0.2, -0.15) is 0 Å². The molecule has 0 saturated carbocycles. The normalized spacial score (nSPS) is 12.1. The molecule has 6 aliphatic heterocycles. The topological polar surface area (TPSA) is 469 Å². The Labute approximate surface area is 879 Å². The second-order valence-electron chi connectivity index (χ2n) is 31.8. The number of carbonyl (C=O) groups excluding carboxylic acids is 13. The number of ether oxygens (including phenoxy) is 5. The van der Waals surface area contributed by atoms with Crippen LogP contribution in [0.2, 0.25) is 10.0 Å². The van der Waals surface area contributed by atoms with Gasteiger partial charge in [0.15, 0.2) is 5.75 Å². The van der Waals surface area contributed by atoms with Gasteiger partial charge in [-0.1, -0.05) is 30.6 Å². The van der Waals surface area contributed by atoms with E-state index < -0.39 is 70.0 Å². The van der Waals surface area contributed by atoms with E-state index >= 15 is 0 Å². The molecule has 0 saturated heterocycles. The summed E-state index contributed by atoms with van der Waals surface area (Å²) in [4.78, 5) is 163. The van der Waals surface area contributed by atoms with Gasteiger partial charge < -0.3 is 94.1 Å². The molecule has 0 bridgehead atoms. The van der Waals surface area contributed by atoms with Crippen molar-refractivity contribution in [3.8, 4) is 5.75 Å². The van der Waals surface area contributed by atoms with Crippen molar-refractivity contribution in [1.82, 2.24) is 27.4 Å². The number of esters is 4. The molecule has 9 N–H and O–H groups in total. The Bertz CT molecular complexity index is 6540. The SMILES string of the molecule is C.CCOC(=O)C(=O)Cl.CCOC(=O)C(=O)c1c(Cl)c(C(=O)Nc2ccc(F)c(C)c2)c2n1CCC2.CCOC(=O)C(=O)c1cc(C(=O)Nc2ccc(F)c(C)c2)c2n1CCC2.CCOC(=O)c1ccn2c1CCC2.Cc1cc(N)ccc1F.Cc1cc(NC(=O)c2c(Cl)c(C(=O)C(=O)O)n3c2CCC3)ccc1F.Cc1cc(NC(=O)c2ccn3c2CCC3)ccc1F.O=COc1ccn2c1CCC2.[Na+].[Na+].[OH-].[OH-]. The van der Waals surface area contributed by atoms with Gasteiger partial charge in [0.2, 0.25) is 0 Å². The average molecular weight is 2060 g/mol. The van der Waals surface area contributed by atoms with E-state index in [2.05, 4.69) is 39.7 Å². The first-order valence-corrected chi connectivity index (χ1v) is 45.2. The molecule has 143 heavy (non-hydrogen) atoms. The third-order valence-corrected chi connectivity index (χ3v) is 23.4. The number of hydrogen-bond donors (Lipinski definition) is 6. The molecule has 0 aliphatic carbocycles. The molecule has 0 spiro atoms. The quantitative estimate of drug-likeness (QED) is 0.00422. The van der Waals surface area contributed by atoms with Crippen LogP contribution in [0.25, 0.3) is 0 Å². The van der Waals surface area contributed by atoms with Crippen LogP contribution in [0.1, 0.15) is 219 Å². The number of aromatic nitrogens is 6. The summed E-state index contributed by atoms with van der Waals surface area (Å²) >= 11 is 17.2. The minimum absolute atomic E-state index is 0. The van der Waals surface area contributed by atoms with Crippen molar-refractivity contribution >= 4 is 146 Å². The van der Waals surface area contributed by atoms with E-state index in [0.29, 0.717) is 137 Å². The van der Waals surface area contributed by atoms with E-state index in [4.69, 9.17) is 64.6 Å². The number of Topliss-reactive ketones (excluding diaryl/α,β-unsaturated/α-hetero) is 3. The van der Waals surface area contributed by atoms with Crippen LogP contribution in [-0.4, -0.2) is 152 Å². The van der Waals surface area contributed by atoms with E-state index in [-0.39, 0.29) is 171 Å². The van der Waals surface area contributed by atoms with Crippen LogP contribution in [0, 0.1) is 63.7 Å². The van der Waals surface area contributed by atoms with Crippen molar-refractivity contribution in [3.63, 3.8) is 0 Å². The fraction of sp³-hybridized carbons (Fsp3) is 0.320. The monoisotopic (exact) mass is 2060 g/mol. The fourth-order valence-electron chi connectivity index (χ4n) is 16.1. The number of benzene rings is 5. The van der Waals surface area contributed by atoms with Gasteiger partial charge in [-0.25, -0.2) is 45.9 Å². The van der Waals surface area contributed by atoms with Gasteiger partial charge in [0.25, 0.3) is 47.5 Å². The van der Waals surface area contributed by atoms with Crippen LogP contribution in [0.5, 0.6) is 5.75 Å². The molecule has 6 aliphatic rings. The summed E-state index contributed by atoms with van der Waals surface area (Å²) in [6.07, 6.45) is 16.1. The predicted octanol–water partition coefficient (Wildman–Crippen LogP) is 11.5. The maximum atomic E-state index is 13.4. The third-order valence-electron chi connectivity index (χ3n) is 22.5. The number of anilines is 5. The number of nitrogens with zero attached hydrogens (tertiary/aromatic N) is 6. The summed E-state index contributed by atoms with van der Waals surface area (Å²) < 4.78 is 100. The van der Waals surface area contributed by atoms with Gasteiger partial charge in [0.1, 0.15) is 40.5 Å². The molecule has 0 atom stereocenters. The van der Waals surface area contributed by atoms with Crippen molar-refractivity contribution in [2.24, 2.45) is 0 Å². The Morgan fingerprint density at radius 1 is 0.399 bits per heavy atom. The Balaban J connectivity index is 0.000000295. The number of nitrogens with one attached hydrogen (secondary N) is 4. The Morgan fingerprint density at radius 2 is 0.734 bits per heavy atom. The molecule has 0 unspecified atom stereocenters. The molecular weight excluding hydrogens is 1950 g/mol. The molecule has 17 rings (SSSR count). The number of ketones is 3. The van der Waals surface area contributed by atoms with Crippen molar-refractivity contribution < 1.29 is 188 Å². The summed E-state index contributed by atoms with van der Waals surface area (Å²) in [6, 6.07) is 28.7. The number of aryl methyl sites for hydroxylation is 8.